The van der Waals surface area contributed by atoms with Crippen molar-refractivity contribution in [3.8, 4) is 11.8 Å². The van der Waals surface area contributed by atoms with Gasteiger partial charge in [0.05, 0.1) is 5.56 Å². The fraction of sp³-hybridized carbons (Fsp3) is 0.308. The van der Waals surface area contributed by atoms with Gasteiger partial charge >= 0.3 is 5.97 Å². The van der Waals surface area contributed by atoms with Crippen molar-refractivity contribution in [2.24, 2.45) is 0 Å². The molecule has 0 atom stereocenters. The van der Waals surface area contributed by atoms with E-state index in [2.05, 4.69) is 17.2 Å². The normalized spacial score (nSPS) is 9.38. The second-order valence-electron chi connectivity index (χ2n) is 3.51. The van der Waals surface area contributed by atoms with E-state index in [-0.39, 0.29) is 5.56 Å². The van der Waals surface area contributed by atoms with Crippen molar-refractivity contribution in [2.45, 2.75) is 13.3 Å². The molecular formula is C13H15NO2. The fourth-order valence-electron chi connectivity index (χ4n) is 1.29. The zero-order chi connectivity index (χ0) is 12.0. The van der Waals surface area contributed by atoms with Gasteiger partial charge < -0.3 is 10.4 Å². The first-order valence-electron chi connectivity index (χ1n) is 5.12. The lowest BCUT2D eigenvalue weighted by Gasteiger charge is -2.00. The third-order valence-corrected chi connectivity index (χ3v) is 2.13. The average Bonchev–Trinajstić information content (AvgIpc) is 2.24. The SMILES string of the molecule is CNCCC#Cc1cc(C)ccc1C(=O)O. The summed E-state index contributed by atoms with van der Waals surface area (Å²) in [7, 11) is 1.86. The first-order chi connectivity index (χ1) is 7.65. The maximum absolute atomic E-state index is 10.9. The first-order valence-corrected chi connectivity index (χ1v) is 5.12. The summed E-state index contributed by atoms with van der Waals surface area (Å²) in [4.78, 5) is 10.9. The lowest BCUT2D eigenvalue weighted by Crippen LogP contribution is -2.06. The van der Waals surface area contributed by atoms with Crippen LogP contribution in [-0.4, -0.2) is 24.7 Å². The molecule has 0 saturated carbocycles. The van der Waals surface area contributed by atoms with Gasteiger partial charge in [-0.15, -0.1) is 0 Å². The molecule has 0 amide bonds. The Morgan fingerprint density at radius 1 is 1.50 bits per heavy atom. The molecule has 3 heteroatoms. The summed E-state index contributed by atoms with van der Waals surface area (Å²) in [6.07, 6.45) is 0.712. The number of carboxylic acid groups (broad SMARTS) is 1. The van der Waals surface area contributed by atoms with Crippen LogP contribution in [0, 0.1) is 18.8 Å². The number of carboxylic acids is 1. The van der Waals surface area contributed by atoms with Crippen LogP contribution in [0.15, 0.2) is 18.2 Å². The van der Waals surface area contributed by atoms with E-state index in [1.807, 2.05) is 14.0 Å². The molecule has 16 heavy (non-hydrogen) atoms. The highest BCUT2D eigenvalue weighted by Gasteiger charge is 2.07. The van der Waals surface area contributed by atoms with E-state index in [4.69, 9.17) is 5.11 Å². The lowest BCUT2D eigenvalue weighted by molar-refractivity contribution is 0.0696. The van der Waals surface area contributed by atoms with Gasteiger partial charge in [-0.05, 0) is 31.7 Å². The molecule has 0 aromatic heterocycles. The zero-order valence-electron chi connectivity index (χ0n) is 9.50. The highest BCUT2D eigenvalue weighted by atomic mass is 16.4. The molecule has 84 valence electrons. The summed E-state index contributed by atoms with van der Waals surface area (Å²) < 4.78 is 0. The summed E-state index contributed by atoms with van der Waals surface area (Å²) in [5.74, 6) is 4.92. The molecule has 0 spiro atoms. The smallest absolute Gasteiger partial charge is 0.336 e. The first kappa shape index (κ1) is 12.3. The molecule has 2 N–H and O–H groups in total. The molecule has 0 radical (unpaired) electrons. The molecule has 0 bridgehead atoms. The van der Waals surface area contributed by atoms with Gasteiger partial charge in [0.2, 0.25) is 0 Å². The van der Waals surface area contributed by atoms with Gasteiger partial charge in [0, 0.05) is 18.5 Å². The Balaban J connectivity index is 2.95. The number of rotatable bonds is 3. The topological polar surface area (TPSA) is 49.3 Å². The monoisotopic (exact) mass is 217 g/mol. The largest absolute Gasteiger partial charge is 0.478 e. The molecule has 0 aliphatic rings. The van der Waals surface area contributed by atoms with Crippen LogP contribution in [-0.2, 0) is 0 Å². The van der Waals surface area contributed by atoms with Crippen molar-refractivity contribution in [3.63, 3.8) is 0 Å². The number of aryl methyl sites for hydroxylation is 1. The molecule has 0 fully saturated rings. The van der Waals surface area contributed by atoms with E-state index in [0.29, 0.717) is 12.0 Å². The van der Waals surface area contributed by atoms with Gasteiger partial charge in [-0.2, -0.15) is 0 Å². The predicted octanol–water partition coefficient (Wildman–Crippen LogP) is 1.65. The van der Waals surface area contributed by atoms with Gasteiger partial charge in [0.15, 0.2) is 0 Å². The number of hydrogen-bond acceptors (Lipinski definition) is 2. The molecule has 0 unspecified atom stereocenters. The third-order valence-electron chi connectivity index (χ3n) is 2.13. The van der Waals surface area contributed by atoms with Gasteiger partial charge in [-0.3, -0.25) is 0 Å². The molecule has 0 aliphatic heterocycles. The van der Waals surface area contributed by atoms with E-state index in [1.165, 1.54) is 0 Å². The summed E-state index contributed by atoms with van der Waals surface area (Å²) in [5.41, 5.74) is 1.87. The Morgan fingerprint density at radius 3 is 2.88 bits per heavy atom. The minimum atomic E-state index is -0.932. The number of aromatic carboxylic acids is 1. The van der Waals surface area contributed by atoms with Crippen LogP contribution in [0.4, 0.5) is 0 Å². The maximum atomic E-state index is 10.9. The van der Waals surface area contributed by atoms with Gasteiger partial charge in [0.1, 0.15) is 0 Å². The van der Waals surface area contributed by atoms with E-state index in [0.717, 1.165) is 12.1 Å². The summed E-state index contributed by atoms with van der Waals surface area (Å²) in [5, 5.41) is 12.0. The minimum absolute atomic E-state index is 0.266. The zero-order valence-corrected chi connectivity index (χ0v) is 9.50. The Hall–Kier alpha value is -1.79. The standard InChI is InChI=1S/C13H15NO2/c1-10-6-7-12(13(15)16)11(9-10)5-3-4-8-14-2/h6-7,9,14H,4,8H2,1-2H3,(H,15,16). The van der Waals surface area contributed by atoms with Crippen molar-refractivity contribution >= 4 is 5.97 Å². The van der Waals surface area contributed by atoms with Crippen LogP contribution in [0.25, 0.3) is 0 Å². The molecule has 1 aromatic carbocycles. The van der Waals surface area contributed by atoms with Crippen LogP contribution < -0.4 is 5.32 Å². The Morgan fingerprint density at radius 2 is 2.25 bits per heavy atom. The Labute approximate surface area is 95.5 Å². The van der Waals surface area contributed by atoms with Crippen molar-refractivity contribution in [1.29, 1.82) is 0 Å². The van der Waals surface area contributed by atoms with E-state index >= 15 is 0 Å². The lowest BCUT2D eigenvalue weighted by atomic mass is 10.0. The molecule has 0 aliphatic carbocycles. The molecular weight excluding hydrogens is 202 g/mol. The molecule has 0 heterocycles. The van der Waals surface area contributed by atoms with Crippen molar-refractivity contribution < 1.29 is 9.90 Å². The van der Waals surface area contributed by atoms with Gasteiger partial charge in [-0.1, -0.05) is 17.9 Å². The third kappa shape index (κ3) is 3.41. The van der Waals surface area contributed by atoms with Crippen molar-refractivity contribution in [1.82, 2.24) is 5.32 Å². The summed E-state index contributed by atoms with van der Waals surface area (Å²) in [6.45, 7) is 2.73. The fourth-order valence-corrected chi connectivity index (χ4v) is 1.29. The van der Waals surface area contributed by atoms with Crippen LogP contribution in [0.5, 0.6) is 0 Å². The van der Waals surface area contributed by atoms with Crippen LogP contribution in [0.3, 0.4) is 0 Å². The maximum Gasteiger partial charge on any atom is 0.336 e. The van der Waals surface area contributed by atoms with E-state index in [1.54, 1.807) is 18.2 Å². The average molecular weight is 217 g/mol. The number of nitrogens with one attached hydrogen (secondary N) is 1. The quantitative estimate of drug-likeness (QED) is 0.598. The Kier molecular flexibility index (Phi) is 4.56. The van der Waals surface area contributed by atoms with Crippen LogP contribution in [0.2, 0.25) is 0 Å². The Bertz CT molecular complexity index is 441. The molecule has 3 nitrogen and oxygen atoms in total. The summed E-state index contributed by atoms with van der Waals surface area (Å²) >= 11 is 0. The second kappa shape index (κ2) is 5.94. The van der Waals surface area contributed by atoms with Gasteiger partial charge in [0.25, 0.3) is 0 Å². The number of carbonyl (C=O) groups is 1. The predicted molar refractivity (Wildman–Crippen MR) is 63.6 cm³/mol. The highest BCUT2D eigenvalue weighted by Crippen LogP contribution is 2.10. The molecule has 1 aromatic rings. The number of benzene rings is 1. The van der Waals surface area contributed by atoms with Crippen molar-refractivity contribution in [3.05, 3.63) is 34.9 Å². The van der Waals surface area contributed by atoms with E-state index < -0.39 is 5.97 Å². The van der Waals surface area contributed by atoms with E-state index in [9.17, 15) is 4.79 Å². The van der Waals surface area contributed by atoms with Crippen LogP contribution in [0.1, 0.15) is 27.9 Å². The highest BCUT2D eigenvalue weighted by molar-refractivity contribution is 5.90. The van der Waals surface area contributed by atoms with Crippen molar-refractivity contribution in [2.75, 3.05) is 13.6 Å². The molecule has 0 saturated heterocycles. The number of hydrogen-bond donors (Lipinski definition) is 2. The van der Waals surface area contributed by atoms with Crippen LogP contribution >= 0.6 is 0 Å². The molecule has 1 rings (SSSR count). The second-order valence-corrected chi connectivity index (χ2v) is 3.51. The summed E-state index contributed by atoms with van der Waals surface area (Å²) in [6, 6.07) is 5.18. The minimum Gasteiger partial charge on any atom is -0.478 e. The van der Waals surface area contributed by atoms with Gasteiger partial charge in [-0.25, -0.2) is 4.79 Å².